The first kappa shape index (κ1) is 13.3. The number of aromatic hydroxyl groups is 1. The van der Waals surface area contributed by atoms with Gasteiger partial charge in [-0.3, -0.25) is 14.9 Å². The van der Waals surface area contributed by atoms with Gasteiger partial charge in [0.1, 0.15) is 5.75 Å². The van der Waals surface area contributed by atoms with Crippen molar-refractivity contribution in [1.82, 2.24) is 0 Å². The van der Waals surface area contributed by atoms with Gasteiger partial charge in [-0.1, -0.05) is 18.9 Å². The second-order valence-electron chi connectivity index (χ2n) is 4.75. The smallest absolute Gasteiger partial charge is 0.296 e. The Morgan fingerprint density at radius 2 is 2.05 bits per heavy atom. The second kappa shape index (κ2) is 4.85. The highest BCUT2D eigenvalue weighted by Crippen LogP contribution is 2.35. The number of nitrogens with one attached hydrogen (secondary N) is 1. The van der Waals surface area contributed by atoms with E-state index in [1.807, 2.05) is 0 Å². The molecule has 1 fully saturated rings. The summed E-state index contributed by atoms with van der Waals surface area (Å²) in [5, 5.41) is 22.9. The van der Waals surface area contributed by atoms with E-state index in [0.29, 0.717) is 12.8 Å². The van der Waals surface area contributed by atoms with Crippen LogP contribution in [0.5, 0.6) is 5.75 Å². The van der Waals surface area contributed by atoms with E-state index in [1.54, 1.807) is 0 Å². The first-order valence-corrected chi connectivity index (χ1v) is 6.01. The molecule has 0 atom stereocenters. The Hall–Kier alpha value is -2.15. The second-order valence-corrected chi connectivity index (χ2v) is 4.75. The molecule has 0 aliphatic heterocycles. The molecule has 0 aromatic heterocycles. The van der Waals surface area contributed by atoms with E-state index >= 15 is 0 Å². The van der Waals surface area contributed by atoms with Gasteiger partial charge in [0, 0.05) is 6.07 Å². The Balaban J connectivity index is 2.28. The van der Waals surface area contributed by atoms with Gasteiger partial charge in [0.2, 0.25) is 5.91 Å². The lowest BCUT2D eigenvalue weighted by Gasteiger charge is -2.22. The van der Waals surface area contributed by atoms with E-state index in [4.69, 9.17) is 5.73 Å². The van der Waals surface area contributed by atoms with E-state index in [0.717, 1.165) is 12.8 Å². The normalized spacial score (nSPS) is 17.1. The number of rotatable bonds is 3. The van der Waals surface area contributed by atoms with Crippen molar-refractivity contribution in [3.05, 3.63) is 28.3 Å². The largest absolute Gasteiger partial charge is 0.505 e. The zero-order valence-electron chi connectivity index (χ0n) is 10.3. The minimum absolute atomic E-state index is 0.200. The molecule has 1 aliphatic carbocycles. The minimum atomic E-state index is -1.00. The van der Waals surface area contributed by atoms with E-state index in [2.05, 4.69) is 5.32 Å². The minimum Gasteiger partial charge on any atom is -0.505 e. The van der Waals surface area contributed by atoms with E-state index in [-0.39, 0.29) is 17.1 Å². The van der Waals surface area contributed by atoms with Gasteiger partial charge >= 0.3 is 0 Å². The molecule has 1 aliphatic rings. The number of hydrogen-bond acceptors (Lipinski definition) is 5. The van der Waals surface area contributed by atoms with Gasteiger partial charge in [-0.15, -0.1) is 0 Å². The first-order chi connectivity index (χ1) is 8.94. The van der Waals surface area contributed by atoms with Crippen LogP contribution in [0.1, 0.15) is 25.7 Å². The molecule has 7 heteroatoms. The van der Waals surface area contributed by atoms with Crippen LogP contribution >= 0.6 is 0 Å². The van der Waals surface area contributed by atoms with Gasteiger partial charge in [-0.05, 0) is 18.9 Å². The van der Waals surface area contributed by atoms with Gasteiger partial charge in [0.05, 0.1) is 10.5 Å². The van der Waals surface area contributed by atoms with Crippen molar-refractivity contribution < 1.29 is 14.8 Å². The Kier molecular flexibility index (Phi) is 3.39. The van der Waals surface area contributed by atoms with Crippen LogP contribution in [0.2, 0.25) is 0 Å². The van der Waals surface area contributed by atoms with Crippen LogP contribution in [0.4, 0.5) is 11.4 Å². The molecule has 1 aromatic carbocycles. The van der Waals surface area contributed by atoms with Crippen molar-refractivity contribution in [2.45, 2.75) is 31.2 Å². The van der Waals surface area contributed by atoms with Crippen molar-refractivity contribution in [2.24, 2.45) is 5.73 Å². The number of phenols is 1. The average molecular weight is 265 g/mol. The molecule has 2 rings (SSSR count). The van der Waals surface area contributed by atoms with Gasteiger partial charge in [0.15, 0.2) is 5.69 Å². The molecule has 7 nitrogen and oxygen atoms in total. The van der Waals surface area contributed by atoms with Gasteiger partial charge in [0.25, 0.3) is 5.69 Å². The van der Waals surface area contributed by atoms with E-state index in [9.17, 15) is 20.0 Å². The summed E-state index contributed by atoms with van der Waals surface area (Å²) in [6, 6.07) is 3.84. The monoisotopic (exact) mass is 265 g/mol. The van der Waals surface area contributed by atoms with Gasteiger partial charge in [-0.25, -0.2) is 0 Å². The van der Waals surface area contributed by atoms with Crippen molar-refractivity contribution in [3.8, 4) is 5.75 Å². The number of nitro groups is 1. The lowest BCUT2D eigenvalue weighted by Crippen LogP contribution is -2.48. The fraction of sp³-hybridized carbons (Fsp3) is 0.417. The third-order valence-electron chi connectivity index (χ3n) is 3.40. The highest BCUT2D eigenvalue weighted by Gasteiger charge is 2.38. The van der Waals surface area contributed by atoms with Crippen molar-refractivity contribution in [1.29, 1.82) is 0 Å². The molecule has 0 bridgehead atoms. The fourth-order valence-electron chi connectivity index (χ4n) is 2.28. The molecule has 0 spiro atoms. The molecule has 0 heterocycles. The summed E-state index contributed by atoms with van der Waals surface area (Å²) < 4.78 is 0. The average Bonchev–Trinajstić information content (AvgIpc) is 2.79. The SMILES string of the molecule is NC1(C(=O)Nc2c(O)cccc2[N+](=O)[O-])CCCC1. The molecule has 4 N–H and O–H groups in total. The number of carbonyl (C=O) groups excluding carboxylic acids is 1. The van der Waals surface area contributed by atoms with Crippen molar-refractivity contribution in [3.63, 3.8) is 0 Å². The number of benzene rings is 1. The predicted molar refractivity (Wildman–Crippen MR) is 68.8 cm³/mol. The number of anilines is 1. The molecule has 0 radical (unpaired) electrons. The van der Waals surface area contributed by atoms with Crippen LogP contribution in [0.25, 0.3) is 0 Å². The van der Waals surface area contributed by atoms with Crippen molar-refractivity contribution in [2.75, 3.05) is 5.32 Å². The summed E-state index contributed by atoms with van der Waals surface area (Å²) >= 11 is 0. The number of nitro benzene ring substituents is 1. The third-order valence-corrected chi connectivity index (χ3v) is 3.40. The Bertz CT molecular complexity index is 524. The van der Waals surface area contributed by atoms with Crippen LogP contribution in [-0.4, -0.2) is 21.5 Å². The summed E-state index contributed by atoms with van der Waals surface area (Å²) in [6.45, 7) is 0. The zero-order valence-corrected chi connectivity index (χ0v) is 10.3. The highest BCUT2D eigenvalue weighted by atomic mass is 16.6. The first-order valence-electron chi connectivity index (χ1n) is 6.01. The third kappa shape index (κ3) is 2.50. The Labute approximate surface area is 109 Å². The topological polar surface area (TPSA) is 118 Å². The number of carbonyl (C=O) groups is 1. The summed E-state index contributed by atoms with van der Waals surface area (Å²) in [5.41, 5.74) is 4.41. The standard InChI is InChI=1S/C12H15N3O4/c13-12(6-1-2-7-12)11(17)14-10-8(15(18)19)4-3-5-9(10)16/h3-5,16H,1-2,6-7,13H2,(H,14,17). The number of amides is 1. The van der Waals surface area contributed by atoms with E-state index in [1.165, 1.54) is 18.2 Å². The maximum Gasteiger partial charge on any atom is 0.296 e. The van der Waals surface area contributed by atoms with Crippen LogP contribution in [0.15, 0.2) is 18.2 Å². The molecule has 19 heavy (non-hydrogen) atoms. The highest BCUT2D eigenvalue weighted by molar-refractivity contribution is 6.01. The Morgan fingerprint density at radius 1 is 1.42 bits per heavy atom. The van der Waals surface area contributed by atoms with E-state index < -0.39 is 16.4 Å². The van der Waals surface area contributed by atoms with Crippen LogP contribution in [-0.2, 0) is 4.79 Å². The van der Waals surface area contributed by atoms with Crippen molar-refractivity contribution >= 4 is 17.3 Å². The summed E-state index contributed by atoms with van der Waals surface area (Å²) in [4.78, 5) is 22.3. The van der Waals surface area contributed by atoms with Crippen LogP contribution < -0.4 is 11.1 Å². The number of phenolic OH excluding ortho intramolecular Hbond substituents is 1. The lowest BCUT2D eigenvalue weighted by molar-refractivity contribution is -0.384. The molecule has 1 amide bonds. The molecule has 1 saturated carbocycles. The quantitative estimate of drug-likeness (QED) is 0.435. The number of nitrogens with two attached hydrogens (primary N) is 1. The number of hydrogen-bond donors (Lipinski definition) is 3. The zero-order chi connectivity index (χ0) is 14.0. The molecular weight excluding hydrogens is 250 g/mol. The number of para-hydroxylation sites is 1. The molecule has 0 saturated heterocycles. The summed E-state index contributed by atoms with van der Waals surface area (Å²) in [5.74, 6) is -0.834. The molecule has 0 unspecified atom stereocenters. The maximum absolute atomic E-state index is 12.1. The van der Waals surface area contributed by atoms with Crippen LogP contribution in [0.3, 0.4) is 0 Å². The lowest BCUT2D eigenvalue weighted by atomic mass is 9.98. The van der Waals surface area contributed by atoms with Gasteiger partial charge in [-0.2, -0.15) is 0 Å². The molecular formula is C12H15N3O4. The number of nitrogens with zero attached hydrogens (tertiary/aromatic N) is 1. The summed E-state index contributed by atoms with van der Waals surface area (Å²) in [7, 11) is 0. The fourth-order valence-corrected chi connectivity index (χ4v) is 2.28. The molecule has 102 valence electrons. The van der Waals surface area contributed by atoms with Gasteiger partial charge < -0.3 is 16.2 Å². The predicted octanol–water partition coefficient (Wildman–Crippen LogP) is 1.51. The Morgan fingerprint density at radius 3 is 2.63 bits per heavy atom. The maximum atomic E-state index is 12.1. The summed E-state index contributed by atoms with van der Waals surface area (Å²) in [6.07, 6.45) is 2.79. The van der Waals surface area contributed by atoms with Crippen LogP contribution in [0, 0.1) is 10.1 Å². The molecule has 1 aromatic rings.